The number of rotatable bonds is 4. The number of hydrogen-bond donors (Lipinski definition) is 1. The first kappa shape index (κ1) is 17.6. The molecule has 0 bridgehead atoms. The van der Waals surface area contributed by atoms with Crippen molar-refractivity contribution in [2.75, 3.05) is 0 Å². The first-order valence-electron chi connectivity index (χ1n) is 9.83. The number of benzene rings is 1. The summed E-state index contributed by atoms with van der Waals surface area (Å²) < 4.78 is 6.49. The molecular formula is C22H34O2. The summed E-state index contributed by atoms with van der Waals surface area (Å²) in [6, 6.07) is 4.20. The maximum atomic E-state index is 10.8. The van der Waals surface area contributed by atoms with E-state index in [-0.39, 0.29) is 11.0 Å². The molecule has 24 heavy (non-hydrogen) atoms. The molecule has 134 valence electrons. The first-order chi connectivity index (χ1) is 11.3. The molecule has 2 nitrogen and oxygen atoms in total. The van der Waals surface area contributed by atoms with Crippen molar-refractivity contribution in [3.05, 3.63) is 23.3 Å². The number of phenols is 1. The minimum absolute atomic E-state index is 0.0910. The van der Waals surface area contributed by atoms with Gasteiger partial charge in [0.1, 0.15) is 17.1 Å². The van der Waals surface area contributed by atoms with E-state index in [9.17, 15) is 5.11 Å². The molecule has 1 unspecified atom stereocenters. The Morgan fingerprint density at radius 3 is 2.67 bits per heavy atom. The van der Waals surface area contributed by atoms with E-state index < -0.39 is 0 Å². The summed E-state index contributed by atoms with van der Waals surface area (Å²) in [4.78, 5) is 0. The maximum Gasteiger partial charge on any atom is 0.127 e. The van der Waals surface area contributed by atoms with Crippen molar-refractivity contribution in [3.63, 3.8) is 0 Å². The number of aromatic hydroxyl groups is 1. The fraction of sp³-hybridized carbons (Fsp3) is 0.727. The Morgan fingerprint density at radius 2 is 1.96 bits per heavy atom. The first-order valence-corrected chi connectivity index (χ1v) is 9.83. The van der Waals surface area contributed by atoms with E-state index in [4.69, 9.17) is 4.74 Å². The van der Waals surface area contributed by atoms with E-state index in [0.29, 0.717) is 17.6 Å². The molecule has 1 saturated carbocycles. The Balaban J connectivity index is 2.00. The van der Waals surface area contributed by atoms with Crippen LogP contribution in [0.2, 0.25) is 0 Å². The van der Waals surface area contributed by atoms with Gasteiger partial charge >= 0.3 is 0 Å². The third-order valence-corrected chi connectivity index (χ3v) is 6.90. The van der Waals surface area contributed by atoms with Gasteiger partial charge in [-0.2, -0.15) is 0 Å². The Bertz CT molecular complexity index is 604. The zero-order chi connectivity index (χ0) is 17.5. The Morgan fingerprint density at radius 1 is 1.21 bits per heavy atom. The van der Waals surface area contributed by atoms with Gasteiger partial charge in [-0.1, -0.05) is 40.0 Å². The number of aryl methyl sites for hydroxylation is 1. The van der Waals surface area contributed by atoms with Crippen LogP contribution in [0.1, 0.15) is 90.2 Å². The summed E-state index contributed by atoms with van der Waals surface area (Å²) in [6.07, 6.45) is 8.24. The molecule has 0 radical (unpaired) electrons. The van der Waals surface area contributed by atoms with Crippen LogP contribution in [0.15, 0.2) is 12.1 Å². The summed E-state index contributed by atoms with van der Waals surface area (Å²) in [6.45, 7) is 11.4. The van der Waals surface area contributed by atoms with Gasteiger partial charge in [-0.15, -0.1) is 0 Å². The lowest BCUT2D eigenvalue weighted by Gasteiger charge is -2.56. The average Bonchev–Trinajstić information content (AvgIpc) is 2.49. The fourth-order valence-corrected chi connectivity index (χ4v) is 4.87. The summed E-state index contributed by atoms with van der Waals surface area (Å²) in [7, 11) is 0. The number of ether oxygens (including phenoxy) is 1. The van der Waals surface area contributed by atoms with E-state index in [1.165, 1.54) is 37.7 Å². The third kappa shape index (κ3) is 2.82. The molecule has 2 aliphatic rings. The van der Waals surface area contributed by atoms with Gasteiger partial charge in [0, 0.05) is 16.9 Å². The lowest BCUT2D eigenvalue weighted by molar-refractivity contribution is -0.0845. The predicted molar refractivity (Wildman–Crippen MR) is 99.9 cm³/mol. The molecule has 1 aliphatic heterocycles. The van der Waals surface area contributed by atoms with Crippen molar-refractivity contribution in [1.82, 2.24) is 0 Å². The lowest BCUT2D eigenvalue weighted by atomic mass is 9.54. The number of fused-ring (bicyclic) bond motifs is 3. The van der Waals surface area contributed by atoms with Crippen LogP contribution in [0.25, 0.3) is 0 Å². The van der Waals surface area contributed by atoms with Crippen molar-refractivity contribution in [2.45, 2.75) is 91.1 Å². The molecule has 1 heterocycles. The zero-order valence-electron chi connectivity index (χ0n) is 16.1. The zero-order valence-corrected chi connectivity index (χ0v) is 16.1. The SMILES string of the molecule is CCCCCc1cc(O)c2c(c1)OC(C)(C)[C@]1(C)CCC(C)C[C@H]21. The molecule has 1 N–H and O–H groups in total. The molecule has 2 heteroatoms. The molecule has 0 aromatic heterocycles. The van der Waals surface area contributed by atoms with Gasteiger partial charge in [0.05, 0.1) is 0 Å². The molecule has 3 atom stereocenters. The lowest BCUT2D eigenvalue weighted by Crippen LogP contribution is -2.54. The fourth-order valence-electron chi connectivity index (χ4n) is 4.87. The standard InChI is InChI=1S/C22H34O2/c1-6-7-8-9-16-13-18(23)20-17-12-15(2)10-11-22(17,5)21(3,4)24-19(20)14-16/h13-15,17,23H,6-12H2,1-5H3/t15?,17-,22-/m1/s1. The van der Waals surface area contributed by atoms with Gasteiger partial charge in [0.25, 0.3) is 0 Å². The molecule has 1 fully saturated rings. The maximum absolute atomic E-state index is 10.8. The van der Waals surface area contributed by atoms with Crippen LogP contribution in [-0.2, 0) is 6.42 Å². The quantitative estimate of drug-likeness (QED) is 0.665. The van der Waals surface area contributed by atoms with E-state index in [0.717, 1.165) is 24.2 Å². The highest BCUT2D eigenvalue weighted by Crippen LogP contribution is 2.62. The number of unbranched alkanes of at least 4 members (excludes halogenated alkanes) is 2. The van der Waals surface area contributed by atoms with Crippen LogP contribution in [0.3, 0.4) is 0 Å². The Kier molecular flexibility index (Phi) is 4.61. The van der Waals surface area contributed by atoms with Crippen molar-refractivity contribution in [1.29, 1.82) is 0 Å². The van der Waals surface area contributed by atoms with E-state index in [1.807, 2.05) is 6.07 Å². The summed E-state index contributed by atoms with van der Waals surface area (Å²) in [5.41, 5.74) is 2.18. The summed E-state index contributed by atoms with van der Waals surface area (Å²) in [5, 5.41) is 10.8. The van der Waals surface area contributed by atoms with E-state index in [2.05, 4.69) is 40.7 Å². The van der Waals surface area contributed by atoms with E-state index in [1.54, 1.807) is 0 Å². The van der Waals surface area contributed by atoms with Crippen LogP contribution in [-0.4, -0.2) is 10.7 Å². The molecular weight excluding hydrogens is 296 g/mol. The van der Waals surface area contributed by atoms with Gasteiger partial charge in [-0.3, -0.25) is 0 Å². The van der Waals surface area contributed by atoms with Crippen LogP contribution in [0.4, 0.5) is 0 Å². The normalized spacial score (nSPS) is 31.0. The predicted octanol–water partition coefficient (Wildman–Crippen LogP) is 6.21. The molecule has 1 aromatic rings. The highest BCUT2D eigenvalue weighted by Gasteiger charge is 2.55. The second-order valence-electron chi connectivity index (χ2n) is 8.95. The smallest absolute Gasteiger partial charge is 0.127 e. The topological polar surface area (TPSA) is 29.5 Å². The van der Waals surface area contributed by atoms with Crippen molar-refractivity contribution in [2.24, 2.45) is 11.3 Å². The van der Waals surface area contributed by atoms with Crippen molar-refractivity contribution in [3.8, 4) is 11.5 Å². The minimum atomic E-state index is -0.195. The van der Waals surface area contributed by atoms with Gasteiger partial charge in [-0.05, 0) is 63.1 Å². The molecule has 3 rings (SSSR count). The summed E-state index contributed by atoms with van der Waals surface area (Å²) in [5.74, 6) is 2.50. The minimum Gasteiger partial charge on any atom is -0.508 e. The second kappa shape index (κ2) is 6.28. The highest BCUT2D eigenvalue weighted by molar-refractivity contribution is 5.53. The highest BCUT2D eigenvalue weighted by atomic mass is 16.5. The van der Waals surface area contributed by atoms with Gasteiger partial charge in [0.15, 0.2) is 0 Å². The number of hydrogen-bond acceptors (Lipinski definition) is 2. The van der Waals surface area contributed by atoms with E-state index >= 15 is 0 Å². The Labute approximate surface area is 147 Å². The average molecular weight is 331 g/mol. The molecule has 0 spiro atoms. The van der Waals surface area contributed by atoms with Crippen LogP contribution < -0.4 is 4.74 Å². The van der Waals surface area contributed by atoms with Crippen LogP contribution in [0.5, 0.6) is 11.5 Å². The van der Waals surface area contributed by atoms with Gasteiger partial charge < -0.3 is 9.84 Å². The molecule has 1 aliphatic carbocycles. The second-order valence-corrected chi connectivity index (χ2v) is 8.95. The van der Waals surface area contributed by atoms with Crippen molar-refractivity contribution >= 4 is 0 Å². The van der Waals surface area contributed by atoms with Crippen molar-refractivity contribution < 1.29 is 9.84 Å². The Hall–Kier alpha value is -1.18. The largest absolute Gasteiger partial charge is 0.508 e. The van der Waals surface area contributed by atoms with Crippen LogP contribution >= 0.6 is 0 Å². The van der Waals surface area contributed by atoms with Gasteiger partial charge in [0.2, 0.25) is 0 Å². The molecule has 1 aromatic carbocycles. The molecule has 0 saturated heterocycles. The summed E-state index contributed by atoms with van der Waals surface area (Å²) >= 11 is 0. The van der Waals surface area contributed by atoms with Crippen LogP contribution in [0, 0.1) is 11.3 Å². The molecule has 0 amide bonds. The monoisotopic (exact) mass is 330 g/mol. The third-order valence-electron chi connectivity index (χ3n) is 6.90. The van der Waals surface area contributed by atoms with Gasteiger partial charge in [-0.25, -0.2) is 0 Å². The number of phenolic OH excluding ortho intramolecular Hbond substituents is 1.